The van der Waals surface area contributed by atoms with Crippen molar-refractivity contribution >= 4 is 5.96 Å². The van der Waals surface area contributed by atoms with Gasteiger partial charge in [-0.2, -0.15) is 0 Å². The van der Waals surface area contributed by atoms with Crippen molar-refractivity contribution in [3.63, 3.8) is 0 Å². The van der Waals surface area contributed by atoms with Gasteiger partial charge in [0.25, 0.3) is 0 Å². The Kier molecular flexibility index (Phi) is 7.06. The summed E-state index contributed by atoms with van der Waals surface area (Å²) in [6.07, 6.45) is 1.71. The molecule has 6 nitrogen and oxygen atoms in total. The Balaban J connectivity index is 1.56. The highest BCUT2D eigenvalue weighted by Gasteiger charge is 2.34. The van der Waals surface area contributed by atoms with Crippen LogP contribution in [0.5, 0.6) is 5.75 Å². The summed E-state index contributed by atoms with van der Waals surface area (Å²) < 4.78 is 11.2. The molecule has 0 radical (unpaired) electrons. The summed E-state index contributed by atoms with van der Waals surface area (Å²) in [5.41, 5.74) is 1.41. The first kappa shape index (κ1) is 21.9. The van der Waals surface area contributed by atoms with Crippen molar-refractivity contribution in [1.29, 1.82) is 0 Å². The van der Waals surface area contributed by atoms with Crippen LogP contribution >= 0.6 is 0 Å². The van der Waals surface area contributed by atoms with Crippen molar-refractivity contribution in [2.24, 2.45) is 4.99 Å². The quantitative estimate of drug-likeness (QED) is 0.606. The Morgan fingerprint density at radius 2 is 1.83 bits per heavy atom. The van der Waals surface area contributed by atoms with Crippen LogP contribution in [0.3, 0.4) is 0 Å². The number of guanidine groups is 1. The first-order chi connectivity index (χ1) is 13.8. The number of nitrogens with zero attached hydrogens (tertiary/aromatic N) is 3. The number of methoxy groups -OCH3 is 1. The van der Waals surface area contributed by atoms with E-state index >= 15 is 0 Å². The zero-order valence-corrected chi connectivity index (χ0v) is 18.9. The number of hydrogen-bond acceptors (Lipinski definition) is 4. The van der Waals surface area contributed by atoms with Crippen LogP contribution < -0.4 is 10.1 Å². The Morgan fingerprint density at radius 1 is 1.17 bits per heavy atom. The molecule has 0 aliphatic carbocycles. The second kappa shape index (κ2) is 9.35. The molecule has 162 valence electrons. The molecule has 29 heavy (non-hydrogen) atoms. The number of rotatable bonds is 5. The van der Waals surface area contributed by atoms with Crippen molar-refractivity contribution in [1.82, 2.24) is 15.1 Å². The van der Waals surface area contributed by atoms with E-state index < -0.39 is 0 Å². The molecule has 1 aromatic carbocycles. The van der Waals surface area contributed by atoms with Gasteiger partial charge < -0.3 is 19.7 Å². The zero-order chi connectivity index (χ0) is 21.0. The third kappa shape index (κ3) is 5.43. The molecule has 2 aliphatic heterocycles. The molecular weight excluding hydrogens is 364 g/mol. The molecule has 2 heterocycles. The van der Waals surface area contributed by atoms with Crippen LogP contribution in [0.4, 0.5) is 0 Å². The van der Waals surface area contributed by atoms with Crippen LogP contribution in [0.15, 0.2) is 29.3 Å². The van der Waals surface area contributed by atoms with Crippen LogP contribution in [0.1, 0.15) is 45.6 Å². The van der Waals surface area contributed by atoms with Crippen molar-refractivity contribution in [2.75, 3.05) is 46.9 Å². The molecular formula is C23H38N4O2. The van der Waals surface area contributed by atoms with Gasteiger partial charge in [0.05, 0.1) is 19.3 Å². The lowest BCUT2D eigenvalue weighted by molar-refractivity contribution is -0.0947. The number of aliphatic imine (C=N–C) groups is 1. The summed E-state index contributed by atoms with van der Waals surface area (Å²) in [4.78, 5) is 9.49. The second-order valence-corrected chi connectivity index (χ2v) is 9.08. The van der Waals surface area contributed by atoms with Crippen LogP contribution in [-0.2, 0) is 4.74 Å². The summed E-state index contributed by atoms with van der Waals surface area (Å²) in [5.74, 6) is 2.45. The van der Waals surface area contributed by atoms with E-state index in [4.69, 9.17) is 9.47 Å². The van der Waals surface area contributed by atoms with Gasteiger partial charge in [-0.05, 0) is 51.8 Å². The van der Waals surface area contributed by atoms with Crippen molar-refractivity contribution in [3.8, 4) is 5.75 Å². The Hall–Kier alpha value is -1.79. The maximum atomic E-state index is 5.91. The van der Waals surface area contributed by atoms with Gasteiger partial charge in [0.15, 0.2) is 5.96 Å². The molecule has 0 saturated carbocycles. The standard InChI is InChI=1S/C23H38N4O2/c1-17-13-27(14-18(2)29-17)23(3,4)16-25-22(24-5)26-12-11-20(15-26)19-7-9-21(28-6)10-8-19/h7-10,17-18,20H,11-16H2,1-6H3,(H,24,25). The van der Waals surface area contributed by atoms with Crippen molar-refractivity contribution < 1.29 is 9.47 Å². The number of benzene rings is 1. The van der Waals surface area contributed by atoms with E-state index in [1.54, 1.807) is 7.11 Å². The van der Waals surface area contributed by atoms with E-state index in [2.05, 4.69) is 72.1 Å². The lowest BCUT2D eigenvalue weighted by atomic mass is 9.98. The van der Waals surface area contributed by atoms with Crippen LogP contribution in [0.25, 0.3) is 0 Å². The number of ether oxygens (including phenoxy) is 2. The molecule has 0 spiro atoms. The minimum Gasteiger partial charge on any atom is -0.497 e. The lowest BCUT2D eigenvalue weighted by Crippen LogP contribution is -2.59. The highest BCUT2D eigenvalue weighted by Crippen LogP contribution is 2.28. The van der Waals surface area contributed by atoms with Gasteiger partial charge in [-0.15, -0.1) is 0 Å². The van der Waals surface area contributed by atoms with Gasteiger partial charge in [-0.1, -0.05) is 12.1 Å². The van der Waals surface area contributed by atoms with E-state index in [0.29, 0.717) is 5.92 Å². The van der Waals surface area contributed by atoms with E-state index in [9.17, 15) is 0 Å². The maximum Gasteiger partial charge on any atom is 0.193 e. The van der Waals surface area contributed by atoms with Gasteiger partial charge in [0.1, 0.15) is 5.75 Å². The number of morpholine rings is 1. The van der Waals surface area contributed by atoms with Gasteiger partial charge in [-0.25, -0.2) is 0 Å². The topological polar surface area (TPSA) is 49.3 Å². The second-order valence-electron chi connectivity index (χ2n) is 9.08. The first-order valence-corrected chi connectivity index (χ1v) is 10.8. The third-order valence-electron chi connectivity index (χ3n) is 6.24. The summed E-state index contributed by atoms with van der Waals surface area (Å²) >= 11 is 0. The number of hydrogen-bond donors (Lipinski definition) is 1. The normalized spacial score (nSPS) is 26.6. The molecule has 2 fully saturated rings. The van der Waals surface area contributed by atoms with E-state index in [1.807, 2.05) is 7.05 Å². The predicted octanol–water partition coefficient (Wildman–Crippen LogP) is 2.95. The molecule has 6 heteroatoms. The van der Waals surface area contributed by atoms with Gasteiger partial charge in [0, 0.05) is 51.2 Å². The highest BCUT2D eigenvalue weighted by atomic mass is 16.5. The highest BCUT2D eigenvalue weighted by molar-refractivity contribution is 5.80. The minimum atomic E-state index is 0.0390. The van der Waals surface area contributed by atoms with Crippen LogP contribution in [0.2, 0.25) is 0 Å². The number of likely N-dealkylation sites (tertiary alicyclic amines) is 1. The molecule has 2 aliphatic rings. The number of nitrogens with one attached hydrogen (secondary N) is 1. The van der Waals surface area contributed by atoms with Gasteiger partial charge in [0.2, 0.25) is 0 Å². The lowest BCUT2D eigenvalue weighted by Gasteiger charge is -2.45. The molecule has 2 saturated heterocycles. The average molecular weight is 403 g/mol. The van der Waals surface area contributed by atoms with Crippen molar-refractivity contribution in [3.05, 3.63) is 29.8 Å². The maximum absolute atomic E-state index is 5.91. The van der Waals surface area contributed by atoms with Gasteiger partial charge in [-0.3, -0.25) is 9.89 Å². The van der Waals surface area contributed by atoms with Crippen LogP contribution in [0, 0.1) is 0 Å². The zero-order valence-electron chi connectivity index (χ0n) is 18.9. The molecule has 1 aromatic rings. The van der Waals surface area contributed by atoms with E-state index in [-0.39, 0.29) is 17.7 Å². The summed E-state index contributed by atoms with van der Waals surface area (Å²) in [5, 5.41) is 3.64. The summed E-state index contributed by atoms with van der Waals surface area (Å²) in [7, 11) is 3.59. The molecule has 3 atom stereocenters. The van der Waals surface area contributed by atoms with Crippen molar-refractivity contribution in [2.45, 2.75) is 57.8 Å². The molecule has 0 aromatic heterocycles. The SMILES string of the molecule is CN=C(NCC(C)(C)N1CC(C)OC(C)C1)N1CCC(c2ccc(OC)cc2)C1. The monoisotopic (exact) mass is 402 g/mol. The smallest absolute Gasteiger partial charge is 0.193 e. The fourth-order valence-corrected chi connectivity index (χ4v) is 4.51. The molecule has 0 amide bonds. The van der Waals surface area contributed by atoms with E-state index in [0.717, 1.165) is 50.9 Å². The molecule has 3 rings (SSSR count). The Bertz CT molecular complexity index is 679. The summed E-state index contributed by atoms with van der Waals surface area (Å²) in [6.45, 7) is 13.8. The fourth-order valence-electron chi connectivity index (χ4n) is 4.51. The largest absolute Gasteiger partial charge is 0.497 e. The molecule has 0 bridgehead atoms. The van der Waals surface area contributed by atoms with E-state index in [1.165, 1.54) is 5.56 Å². The summed E-state index contributed by atoms with van der Waals surface area (Å²) in [6, 6.07) is 8.48. The fraction of sp³-hybridized carbons (Fsp3) is 0.696. The molecule has 1 N–H and O–H groups in total. The third-order valence-corrected chi connectivity index (χ3v) is 6.24. The Labute approximate surface area is 176 Å². The average Bonchev–Trinajstić information content (AvgIpc) is 3.18. The molecule has 3 unspecified atom stereocenters. The van der Waals surface area contributed by atoms with Crippen LogP contribution in [-0.4, -0.2) is 80.4 Å². The Morgan fingerprint density at radius 3 is 2.41 bits per heavy atom. The predicted molar refractivity (Wildman–Crippen MR) is 119 cm³/mol. The first-order valence-electron chi connectivity index (χ1n) is 10.8. The minimum absolute atomic E-state index is 0.0390. The van der Waals surface area contributed by atoms with Gasteiger partial charge >= 0.3 is 0 Å².